The van der Waals surface area contributed by atoms with Gasteiger partial charge in [-0.2, -0.15) is 0 Å². The van der Waals surface area contributed by atoms with Crippen molar-refractivity contribution in [1.82, 2.24) is 15.1 Å². The largest absolute Gasteiger partial charge is 0.342 e. The van der Waals surface area contributed by atoms with E-state index in [9.17, 15) is 4.79 Å². The number of carbonyl (C=O) groups excluding carboxylic acids is 1. The Morgan fingerprint density at radius 3 is 2.67 bits per heavy atom. The first-order chi connectivity index (χ1) is 8.38. The molecule has 4 nitrogen and oxygen atoms in total. The maximum atomic E-state index is 12.3. The summed E-state index contributed by atoms with van der Waals surface area (Å²) in [5.41, 5.74) is -0.293. The highest BCUT2D eigenvalue weighted by molar-refractivity contribution is 7.11. The van der Waals surface area contributed by atoms with E-state index in [4.69, 9.17) is 0 Å². The lowest BCUT2D eigenvalue weighted by Gasteiger charge is -2.35. The number of rotatable bonds is 1. The molecule has 5 heteroatoms. The van der Waals surface area contributed by atoms with Crippen LogP contribution in [0.5, 0.6) is 0 Å². The lowest BCUT2D eigenvalue weighted by molar-refractivity contribution is -0.140. The van der Waals surface area contributed by atoms with E-state index in [0.717, 1.165) is 35.9 Å². The molecule has 1 aliphatic rings. The highest BCUT2D eigenvalue weighted by Gasteiger charge is 2.32. The highest BCUT2D eigenvalue weighted by Crippen LogP contribution is 2.30. The Morgan fingerprint density at radius 1 is 1.39 bits per heavy atom. The third kappa shape index (κ3) is 2.88. The van der Waals surface area contributed by atoms with Crippen LogP contribution in [-0.2, 0) is 4.79 Å². The smallest absolute Gasteiger partial charge is 0.227 e. The van der Waals surface area contributed by atoms with Crippen LogP contribution in [0.4, 0.5) is 0 Å². The summed E-state index contributed by atoms with van der Waals surface area (Å²) in [6.07, 6.45) is 2.17. The Hall–Kier alpha value is -0.970. The first-order valence-electron chi connectivity index (χ1n) is 6.47. The molecule has 0 saturated carbocycles. The average Bonchev–Trinajstić information content (AvgIpc) is 2.74. The summed E-state index contributed by atoms with van der Waals surface area (Å²) in [5, 5.41) is 10.4. The van der Waals surface area contributed by atoms with Gasteiger partial charge in [-0.15, -0.1) is 21.5 Å². The van der Waals surface area contributed by atoms with E-state index in [1.54, 1.807) is 11.3 Å². The third-order valence-corrected chi connectivity index (χ3v) is 4.24. The zero-order valence-electron chi connectivity index (χ0n) is 11.6. The first kappa shape index (κ1) is 13.5. The van der Waals surface area contributed by atoms with Gasteiger partial charge < -0.3 is 4.90 Å². The molecular weight excluding hydrogens is 246 g/mol. The Kier molecular flexibility index (Phi) is 3.71. The summed E-state index contributed by atoms with van der Waals surface area (Å²) >= 11 is 1.66. The van der Waals surface area contributed by atoms with Gasteiger partial charge in [0.2, 0.25) is 5.91 Å². The summed E-state index contributed by atoms with van der Waals surface area (Å²) in [5.74, 6) is 0.615. The number of hydrogen-bond acceptors (Lipinski definition) is 4. The van der Waals surface area contributed by atoms with Crippen molar-refractivity contribution in [3.63, 3.8) is 0 Å². The molecule has 0 aliphatic carbocycles. The second kappa shape index (κ2) is 4.96. The monoisotopic (exact) mass is 267 g/mol. The molecule has 0 aromatic carbocycles. The van der Waals surface area contributed by atoms with Crippen molar-refractivity contribution in [3.8, 4) is 0 Å². The molecule has 1 saturated heterocycles. The molecule has 2 rings (SSSR count). The molecule has 1 aromatic rings. The van der Waals surface area contributed by atoms with Crippen LogP contribution < -0.4 is 0 Å². The van der Waals surface area contributed by atoms with Crippen molar-refractivity contribution >= 4 is 17.2 Å². The molecule has 0 radical (unpaired) electrons. The van der Waals surface area contributed by atoms with E-state index >= 15 is 0 Å². The molecule has 2 heterocycles. The number of likely N-dealkylation sites (tertiary alicyclic amines) is 1. The van der Waals surface area contributed by atoms with Gasteiger partial charge in [-0.05, 0) is 19.8 Å². The average molecular weight is 267 g/mol. The summed E-state index contributed by atoms with van der Waals surface area (Å²) in [6.45, 7) is 9.59. The molecule has 1 atom stereocenters. The summed E-state index contributed by atoms with van der Waals surface area (Å²) < 4.78 is 0. The van der Waals surface area contributed by atoms with Crippen LogP contribution in [0.3, 0.4) is 0 Å². The maximum absolute atomic E-state index is 12.3. The van der Waals surface area contributed by atoms with Crippen LogP contribution in [0.1, 0.15) is 49.5 Å². The van der Waals surface area contributed by atoms with Crippen molar-refractivity contribution in [2.24, 2.45) is 5.41 Å². The lowest BCUT2D eigenvalue weighted by Crippen LogP contribution is -2.44. The zero-order valence-corrected chi connectivity index (χ0v) is 12.4. The Balaban J connectivity index is 2.07. The van der Waals surface area contributed by atoms with E-state index < -0.39 is 0 Å². The van der Waals surface area contributed by atoms with Crippen molar-refractivity contribution in [1.29, 1.82) is 0 Å². The fourth-order valence-electron chi connectivity index (χ4n) is 2.31. The SMILES string of the molecule is Cc1nnc(C2CCCN(C(=O)C(C)(C)C)C2)s1. The zero-order chi connectivity index (χ0) is 13.3. The number of aryl methyl sites for hydroxylation is 1. The quantitative estimate of drug-likeness (QED) is 0.785. The minimum Gasteiger partial charge on any atom is -0.342 e. The summed E-state index contributed by atoms with van der Waals surface area (Å²) in [6, 6.07) is 0. The van der Waals surface area contributed by atoms with Gasteiger partial charge in [0.25, 0.3) is 0 Å². The Morgan fingerprint density at radius 2 is 2.11 bits per heavy atom. The molecule has 1 amide bonds. The van der Waals surface area contributed by atoms with Gasteiger partial charge in [0.15, 0.2) is 0 Å². The van der Waals surface area contributed by atoms with Gasteiger partial charge in [0.05, 0.1) is 0 Å². The van der Waals surface area contributed by atoms with Gasteiger partial charge in [-0.3, -0.25) is 4.79 Å². The molecule has 18 heavy (non-hydrogen) atoms. The molecule has 0 bridgehead atoms. The van der Waals surface area contributed by atoms with Crippen molar-refractivity contribution in [2.75, 3.05) is 13.1 Å². The normalized spacial score (nSPS) is 21.1. The molecule has 1 aliphatic heterocycles. The molecule has 1 unspecified atom stereocenters. The van der Waals surface area contributed by atoms with Crippen molar-refractivity contribution in [2.45, 2.75) is 46.5 Å². The third-order valence-electron chi connectivity index (χ3n) is 3.24. The van der Waals surface area contributed by atoms with Gasteiger partial charge in [0.1, 0.15) is 10.0 Å². The summed E-state index contributed by atoms with van der Waals surface area (Å²) in [4.78, 5) is 14.3. The number of carbonyl (C=O) groups is 1. The van der Waals surface area contributed by atoms with E-state index in [1.807, 2.05) is 32.6 Å². The predicted octanol–water partition coefficient (Wildman–Crippen LogP) is 2.60. The van der Waals surface area contributed by atoms with Crippen LogP contribution in [0, 0.1) is 12.3 Å². The second-order valence-electron chi connectivity index (χ2n) is 6.00. The van der Waals surface area contributed by atoms with Crippen LogP contribution in [0.25, 0.3) is 0 Å². The number of amides is 1. The number of piperidine rings is 1. The standard InChI is InChI=1S/C13H21N3OS/c1-9-14-15-11(18-9)10-6-5-7-16(8-10)12(17)13(2,3)4/h10H,5-8H2,1-4H3. The minimum absolute atomic E-state index is 0.244. The molecule has 1 aromatic heterocycles. The fourth-order valence-corrected chi connectivity index (χ4v) is 3.14. The number of aromatic nitrogens is 2. The van der Waals surface area contributed by atoms with Crippen LogP contribution in [0.2, 0.25) is 0 Å². The number of nitrogens with zero attached hydrogens (tertiary/aromatic N) is 3. The highest BCUT2D eigenvalue weighted by atomic mass is 32.1. The van der Waals surface area contributed by atoms with Crippen LogP contribution in [0.15, 0.2) is 0 Å². The molecule has 1 fully saturated rings. The summed E-state index contributed by atoms with van der Waals surface area (Å²) in [7, 11) is 0. The van der Waals surface area contributed by atoms with Crippen molar-refractivity contribution in [3.05, 3.63) is 10.0 Å². The Bertz CT molecular complexity index is 436. The van der Waals surface area contributed by atoms with Gasteiger partial charge in [-0.25, -0.2) is 0 Å². The van der Waals surface area contributed by atoms with Crippen LogP contribution in [-0.4, -0.2) is 34.1 Å². The number of hydrogen-bond donors (Lipinski definition) is 0. The lowest BCUT2D eigenvalue weighted by atomic mass is 9.91. The molecule has 100 valence electrons. The van der Waals surface area contributed by atoms with Crippen molar-refractivity contribution < 1.29 is 4.79 Å². The maximum Gasteiger partial charge on any atom is 0.227 e. The first-order valence-corrected chi connectivity index (χ1v) is 7.29. The molecule has 0 spiro atoms. The molecule has 0 N–H and O–H groups in total. The van der Waals surface area contributed by atoms with E-state index in [0.29, 0.717) is 5.92 Å². The Labute approximate surface area is 112 Å². The minimum atomic E-state index is -0.293. The van der Waals surface area contributed by atoms with Gasteiger partial charge in [-0.1, -0.05) is 20.8 Å². The van der Waals surface area contributed by atoms with E-state index in [2.05, 4.69) is 10.2 Å². The fraction of sp³-hybridized carbons (Fsp3) is 0.769. The van der Waals surface area contributed by atoms with E-state index in [-0.39, 0.29) is 11.3 Å². The van der Waals surface area contributed by atoms with Gasteiger partial charge >= 0.3 is 0 Å². The molecular formula is C13H21N3OS. The van der Waals surface area contributed by atoms with Gasteiger partial charge in [0, 0.05) is 24.4 Å². The van der Waals surface area contributed by atoms with Crippen LogP contribution >= 0.6 is 11.3 Å². The predicted molar refractivity (Wildman–Crippen MR) is 72.7 cm³/mol. The van der Waals surface area contributed by atoms with E-state index in [1.165, 1.54) is 0 Å². The second-order valence-corrected chi connectivity index (χ2v) is 7.21. The topological polar surface area (TPSA) is 46.1 Å².